The molecule has 0 bridgehead atoms. The second kappa shape index (κ2) is 12.0. The summed E-state index contributed by atoms with van der Waals surface area (Å²) in [6.45, 7) is 7.59. The van der Waals surface area contributed by atoms with Crippen LogP contribution in [-0.4, -0.2) is 38.3 Å². The van der Waals surface area contributed by atoms with Crippen LogP contribution in [-0.2, 0) is 17.0 Å². The molecular weight excluding hydrogens is 451 g/mol. The van der Waals surface area contributed by atoms with Crippen LogP contribution in [0.5, 0.6) is 0 Å². The Balaban J connectivity index is 0.000000708. The van der Waals surface area contributed by atoms with Gasteiger partial charge in [0.05, 0.1) is 0 Å². The average molecular weight is 489 g/mol. The number of likely N-dealkylation sites (tertiary alicyclic amines) is 1. The number of nitrogens with zero attached hydrogens (tertiary/aromatic N) is 2. The van der Waals surface area contributed by atoms with Crippen molar-refractivity contribution in [3.8, 4) is 0 Å². The van der Waals surface area contributed by atoms with E-state index in [9.17, 15) is 0 Å². The number of hydrogen-bond donors (Lipinski definition) is 0. The molecule has 2 unspecified atom stereocenters. The SMILES string of the molecule is C[Si](C)([N-]C1CCCCC1)C1=CC(N2CCCC2)C2(C=CC=CC2)C1.[CH3-].[Cl][Ti][Cl]. The molecule has 0 aromatic heterocycles. The zero-order valence-corrected chi connectivity index (χ0v) is 22.5. The normalized spacial score (nSPS) is 29.9. The van der Waals surface area contributed by atoms with Gasteiger partial charge in [-0.2, -0.15) is 0 Å². The Morgan fingerprint density at radius 3 is 2.31 bits per heavy atom. The third-order valence-electron chi connectivity index (χ3n) is 7.04. The van der Waals surface area contributed by atoms with Crippen molar-refractivity contribution < 1.29 is 17.0 Å². The molecule has 1 heterocycles. The van der Waals surface area contributed by atoms with Gasteiger partial charge in [0, 0.05) is 11.5 Å². The first kappa shape index (κ1) is 25.9. The van der Waals surface area contributed by atoms with Gasteiger partial charge in [-0.3, -0.25) is 4.90 Å². The molecule has 1 saturated heterocycles. The zero-order chi connectivity index (χ0) is 20.0. The molecule has 29 heavy (non-hydrogen) atoms. The van der Waals surface area contributed by atoms with E-state index < -0.39 is 25.3 Å². The van der Waals surface area contributed by atoms with Gasteiger partial charge in [0.25, 0.3) is 0 Å². The molecule has 2 atom stereocenters. The summed E-state index contributed by atoms with van der Waals surface area (Å²) in [7, 11) is 8.12. The predicted octanol–water partition coefficient (Wildman–Crippen LogP) is 7.56. The van der Waals surface area contributed by atoms with Gasteiger partial charge in [-0.1, -0.05) is 75.6 Å². The van der Waals surface area contributed by atoms with Crippen LogP contribution in [0.3, 0.4) is 0 Å². The van der Waals surface area contributed by atoms with E-state index in [0.29, 0.717) is 17.5 Å². The van der Waals surface area contributed by atoms with E-state index in [-0.39, 0.29) is 7.43 Å². The molecule has 2 nitrogen and oxygen atoms in total. The molecule has 4 rings (SSSR count). The molecule has 3 aliphatic carbocycles. The summed E-state index contributed by atoms with van der Waals surface area (Å²) >= 11 is -0.556. The molecule has 2 fully saturated rings. The maximum atomic E-state index is 5.50. The van der Waals surface area contributed by atoms with Crippen LogP contribution >= 0.6 is 18.6 Å². The fourth-order valence-electron chi connectivity index (χ4n) is 5.56. The van der Waals surface area contributed by atoms with Crippen LogP contribution in [0.25, 0.3) is 4.98 Å². The van der Waals surface area contributed by atoms with Crippen molar-refractivity contribution in [1.29, 1.82) is 0 Å². The average Bonchev–Trinajstić information content (AvgIpc) is 3.32. The van der Waals surface area contributed by atoms with Gasteiger partial charge in [-0.05, 0) is 47.0 Å². The van der Waals surface area contributed by atoms with Gasteiger partial charge in [0.1, 0.15) is 0 Å². The zero-order valence-electron chi connectivity index (χ0n) is 18.5. The second-order valence-electron chi connectivity index (χ2n) is 9.33. The summed E-state index contributed by atoms with van der Waals surface area (Å²) in [4.78, 5) is 8.26. The fourth-order valence-corrected chi connectivity index (χ4v) is 8.23. The Bertz CT molecular complexity index is 596. The van der Waals surface area contributed by atoms with Gasteiger partial charge in [0.15, 0.2) is 0 Å². The van der Waals surface area contributed by atoms with Gasteiger partial charge < -0.3 is 12.4 Å². The number of hydrogen-bond acceptors (Lipinski definition) is 1. The summed E-state index contributed by atoms with van der Waals surface area (Å²) in [6.07, 6.45) is 24.3. The summed E-state index contributed by atoms with van der Waals surface area (Å²) in [5.74, 6) is 0. The van der Waals surface area contributed by atoms with Crippen LogP contribution < -0.4 is 0 Å². The maximum absolute atomic E-state index is 5.50. The van der Waals surface area contributed by atoms with Crippen LogP contribution in [0.15, 0.2) is 35.6 Å². The first-order valence-corrected chi connectivity index (χ1v) is 18.2. The Morgan fingerprint density at radius 2 is 1.72 bits per heavy atom. The summed E-state index contributed by atoms with van der Waals surface area (Å²) in [6, 6.07) is 1.26. The molecule has 1 spiro atoms. The van der Waals surface area contributed by atoms with Gasteiger partial charge in [-0.15, -0.1) is 11.2 Å². The second-order valence-corrected chi connectivity index (χ2v) is 15.9. The van der Waals surface area contributed by atoms with E-state index >= 15 is 0 Å². The van der Waals surface area contributed by atoms with Gasteiger partial charge >= 0.3 is 35.6 Å². The molecule has 0 N–H and O–H groups in total. The molecule has 164 valence electrons. The topological polar surface area (TPSA) is 17.3 Å². The molecule has 0 aromatic carbocycles. The van der Waals surface area contributed by atoms with Gasteiger partial charge in [-0.25, -0.2) is 0 Å². The monoisotopic (exact) mass is 488 g/mol. The van der Waals surface area contributed by atoms with E-state index in [2.05, 4.69) is 48.4 Å². The molecule has 6 heteroatoms. The standard InChI is InChI=1S/C22H35N2Si.CH3.2ClH.Ti/c1-25(2,23-19-11-5-3-6-12-19)20-17-21(24-15-9-10-16-24)22(18-20)13-7-4-8-14-22;;;;/h4,7-8,13,17,19,21H,3,5-6,9-12,14-16,18H2,1-2H3;1H3;2*1H;/q2*-1;;;+2/p-2. The van der Waals surface area contributed by atoms with Crippen LogP contribution in [0, 0.1) is 12.8 Å². The minimum atomic E-state index is -1.66. The van der Waals surface area contributed by atoms with Crippen molar-refractivity contribution in [3.05, 3.63) is 48.0 Å². The quantitative estimate of drug-likeness (QED) is 0.294. The fraction of sp³-hybridized carbons (Fsp3) is 0.696. The Labute approximate surface area is 197 Å². The van der Waals surface area contributed by atoms with Crippen molar-refractivity contribution >= 4 is 26.8 Å². The van der Waals surface area contributed by atoms with Crippen molar-refractivity contribution in [3.63, 3.8) is 0 Å². The molecular formula is C23H38Cl2N2SiTi-2. The first-order valence-electron chi connectivity index (χ1n) is 11.0. The Morgan fingerprint density at radius 1 is 1.07 bits per heavy atom. The third-order valence-corrected chi connectivity index (χ3v) is 9.97. The number of halogens is 2. The van der Waals surface area contributed by atoms with Gasteiger partial charge in [0.2, 0.25) is 0 Å². The summed E-state index contributed by atoms with van der Waals surface area (Å²) in [5, 5.41) is 1.73. The first-order chi connectivity index (χ1) is 13.5. The van der Waals surface area contributed by atoms with Crippen molar-refractivity contribution in [2.24, 2.45) is 5.41 Å². The molecule has 4 aliphatic rings. The van der Waals surface area contributed by atoms with Crippen molar-refractivity contribution in [2.45, 2.75) is 83.0 Å². The minimum absolute atomic E-state index is 0. The third kappa shape index (κ3) is 6.57. The van der Waals surface area contributed by atoms with E-state index in [0.717, 1.165) is 0 Å². The molecule has 0 aromatic rings. The van der Waals surface area contributed by atoms with Crippen LogP contribution in [0.2, 0.25) is 13.1 Å². The predicted molar refractivity (Wildman–Crippen MR) is 128 cm³/mol. The van der Waals surface area contributed by atoms with E-state index in [1.165, 1.54) is 70.9 Å². The van der Waals surface area contributed by atoms with Crippen molar-refractivity contribution in [1.82, 2.24) is 4.90 Å². The van der Waals surface area contributed by atoms with E-state index in [1.807, 2.05) is 0 Å². The molecule has 0 amide bonds. The summed E-state index contributed by atoms with van der Waals surface area (Å²) < 4.78 is 0. The van der Waals surface area contributed by atoms with Crippen molar-refractivity contribution in [2.75, 3.05) is 13.1 Å². The Hall–Kier alpha value is 0.651. The van der Waals surface area contributed by atoms with E-state index in [4.69, 9.17) is 23.6 Å². The van der Waals surface area contributed by atoms with E-state index in [1.54, 1.807) is 5.20 Å². The Kier molecular flexibility index (Phi) is 10.8. The molecule has 0 radical (unpaired) electrons. The number of rotatable bonds is 4. The van der Waals surface area contributed by atoms with Crippen LogP contribution in [0.4, 0.5) is 0 Å². The number of allylic oxidation sites excluding steroid dienone is 4. The van der Waals surface area contributed by atoms with Crippen LogP contribution in [0.1, 0.15) is 57.8 Å². The summed E-state index contributed by atoms with van der Waals surface area (Å²) in [5.41, 5.74) is 0.320. The molecule has 1 aliphatic heterocycles. The molecule has 1 saturated carbocycles.